The van der Waals surface area contributed by atoms with E-state index in [1.807, 2.05) is 43.3 Å². The quantitative estimate of drug-likeness (QED) is 0.843. The Morgan fingerprint density at radius 1 is 1.15 bits per heavy atom. The summed E-state index contributed by atoms with van der Waals surface area (Å²) in [7, 11) is 0. The van der Waals surface area contributed by atoms with Crippen molar-refractivity contribution in [1.29, 1.82) is 0 Å². The van der Waals surface area contributed by atoms with Crippen molar-refractivity contribution < 1.29 is 9.59 Å². The molecule has 0 saturated carbocycles. The van der Waals surface area contributed by atoms with Crippen LogP contribution in [0.15, 0.2) is 48.5 Å². The van der Waals surface area contributed by atoms with E-state index in [2.05, 4.69) is 36.2 Å². The van der Waals surface area contributed by atoms with Crippen LogP contribution < -0.4 is 15.1 Å². The minimum absolute atomic E-state index is 0.0941. The number of carbonyl (C=O) groups excluding carboxylic acids is 2. The average molecular weight is 365 g/mol. The molecule has 2 aromatic carbocycles. The van der Waals surface area contributed by atoms with Crippen molar-refractivity contribution in [3.05, 3.63) is 54.1 Å². The van der Waals surface area contributed by atoms with Gasteiger partial charge in [-0.3, -0.25) is 9.59 Å². The number of nitrogens with zero attached hydrogens (tertiary/aromatic N) is 2. The Bertz CT molecular complexity index is 815. The van der Waals surface area contributed by atoms with Crippen molar-refractivity contribution in [3.63, 3.8) is 0 Å². The van der Waals surface area contributed by atoms with Crippen molar-refractivity contribution in [2.24, 2.45) is 0 Å². The first-order valence-electron chi connectivity index (χ1n) is 9.48. The number of hydrogen-bond donors (Lipinski definition) is 1. The Morgan fingerprint density at radius 2 is 1.85 bits per heavy atom. The minimum atomic E-state index is -0.0941. The maximum atomic E-state index is 12.8. The van der Waals surface area contributed by atoms with E-state index in [1.54, 1.807) is 4.90 Å². The molecule has 142 valence electrons. The number of rotatable bonds is 6. The zero-order valence-electron chi connectivity index (χ0n) is 16.2. The molecule has 3 rings (SSSR count). The topological polar surface area (TPSA) is 52.7 Å². The predicted octanol–water partition coefficient (Wildman–Crippen LogP) is 3.98. The molecule has 0 aromatic heterocycles. The normalized spacial score (nSPS) is 13.9. The molecule has 1 heterocycles. The van der Waals surface area contributed by atoms with E-state index < -0.39 is 0 Å². The van der Waals surface area contributed by atoms with E-state index >= 15 is 0 Å². The fourth-order valence-corrected chi connectivity index (χ4v) is 3.37. The number of amides is 2. The van der Waals surface area contributed by atoms with Gasteiger partial charge in [-0.15, -0.1) is 0 Å². The van der Waals surface area contributed by atoms with Crippen LogP contribution in [0.5, 0.6) is 0 Å². The van der Waals surface area contributed by atoms with Gasteiger partial charge in [0.05, 0.1) is 17.9 Å². The molecule has 1 aliphatic heterocycles. The summed E-state index contributed by atoms with van der Waals surface area (Å²) < 4.78 is 0. The molecule has 0 atom stereocenters. The summed E-state index contributed by atoms with van der Waals surface area (Å²) in [6, 6.07) is 15.9. The Morgan fingerprint density at radius 3 is 2.48 bits per heavy atom. The Labute approximate surface area is 161 Å². The summed E-state index contributed by atoms with van der Waals surface area (Å²) in [5.41, 5.74) is 3.68. The van der Waals surface area contributed by atoms with E-state index in [-0.39, 0.29) is 24.4 Å². The number of carbonyl (C=O) groups is 2. The van der Waals surface area contributed by atoms with Crippen molar-refractivity contribution in [1.82, 2.24) is 0 Å². The first kappa shape index (κ1) is 19.0. The smallest absolute Gasteiger partial charge is 0.243 e. The molecule has 0 unspecified atom stereocenters. The van der Waals surface area contributed by atoms with Gasteiger partial charge < -0.3 is 15.1 Å². The van der Waals surface area contributed by atoms with Crippen LogP contribution in [0.4, 0.5) is 17.1 Å². The number of para-hydroxylation sites is 2. The monoisotopic (exact) mass is 365 g/mol. The summed E-state index contributed by atoms with van der Waals surface area (Å²) in [5, 5.41) is 3.00. The van der Waals surface area contributed by atoms with Crippen molar-refractivity contribution in [3.8, 4) is 0 Å². The second-order valence-electron chi connectivity index (χ2n) is 7.27. The number of hydrogen-bond acceptors (Lipinski definition) is 3. The van der Waals surface area contributed by atoms with E-state index in [0.29, 0.717) is 18.7 Å². The summed E-state index contributed by atoms with van der Waals surface area (Å²) >= 11 is 0. The molecule has 1 aliphatic rings. The highest BCUT2D eigenvalue weighted by Gasteiger charge is 2.24. The third kappa shape index (κ3) is 4.48. The predicted molar refractivity (Wildman–Crippen MR) is 110 cm³/mol. The molecule has 1 N–H and O–H groups in total. The highest BCUT2D eigenvalue weighted by Crippen LogP contribution is 2.29. The van der Waals surface area contributed by atoms with Crippen LogP contribution >= 0.6 is 0 Å². The molecular formula is C22H27N3O2. The van der Waals surface area contributed by atoms with Gasteiger partial charge in [0.25, 0.3) is 0 Å². The summed E-state index contributed by atoms with van der Waals surface area (Å²) in [6.45, 7) is 7.15. The van der Waals surface area contributed by atoms with Crippen molar-refractivity contribution in [2.45, 2.75) is 39.7 Å². The lowest BCUT2D eigenvalue weighted by molar-refractivity contribution is -0.117. The fraction of sp³-hybridized carbons (Fsp3) is 0.364. The molecule has 1 fully saturated rings. The van der Waals surface area contributed by atoms with Crippen LogP contribution in [-0.2, 0) is 9.59 Å². The van der Waals surface area contributed by atoms with Gasteiger partial charge in [0.1, 0.15) is 0 Å². The molecule has 5 nitrogen and oxygen atoms in total. The molecule has 2 amide bonds. The minimum Gasteiger partial charge on any atom is -0.360 e. The van der Waals surface area contributed by atoms with Gasteiger partial charge in [0, 0.05) is 24.7 Å². The van der Waals surface area contributed by atoms with E-state index in [1.165, 1.54) is 5.56 Å². The van der Waals surface area contributed by atoms with E-state index in [4.69, 9.17) is 0 Å². The lowest BCUT2D eigenvalue weighted by Crippen LogP contribution is -2.38. The van der Waals surface area contributed by atoms with Gasteiger partial charge in [-0.25, -0.2) is 0 Å². The summed E-state index contributed by atoms with van der Waals surface area (Å²) in [5.74, 6) is 0.0172. The average Bonchev–Trinajstić information content (AvgIpc) is 3.07. The highest BCUT2D eigenvalue weighted by atomic mass is 16.2. The molecular weight excluding hydrogens is 338 g/mol. The molecule has 5 heteroatoms. The molecule has 0 bridgehead atoms. The second-order valence-corrected chi connectivity index (χ2v) is 7.27. The Balaban J connectivity index is 1.75. The number of nitrogens with one attached hydrogen (secondary N) is 1. The first-order valence-corrected chi connectivity index (χ1v) is 9.48. The largest absolute Gasteiger partial charge is 0.360 e. The van der Waals surface area contributed by atoms with Crippen molar-refractivity contribution in [2.75, 3.05) is 28.2 Å². The zero-order valence-corrected chi connectivity index (χ0v) is 16.2. The number of benzene rings is 2. The Hall–Kier alpha value is -2.82. The van der Waals surface area contributed by atoms with Gasteiger partial charge in [0.2, 0.25) is 11.8 Å². The molecule has 27 heavy (non-hydrogen) atoms. The lowest BCUT2D eigenvalue weighted by Gasteiger charge is -2.29. The van der Waals surface area contributed by atoms with Crippen LogP contribution in [0.1, 0.15) is 32.3 Å². The number of aryl methyl sites for hydroxylation is 1. The van der Waals surface area contributed by atoms with E-state index in [0.717, 1.165) is 17.8 Å². The lowest BCUT2D eigenvalue weighted by atomic mass is 10.2. The van der Waals surface area contributed by atoms with Gasteiger partial charge >= 0.3 is 0 Å². The highest BCUT2D eigenvalue weighted by molar-refractivity contribution is 6.03. The van der Waals surface area contributed by atoms with Crippen LogP contribution in [-0.4, -0.2) is 30.9 Å². The third-order valence-electron chi connectivity index (χ3n) is 4.85. The summed E-state index contributed by atoms with van der Waals surface area (Å²) in [4.78, 5) is 28.7. The van der Waals surface area contributed by atoms with Gasteiger partial charge in [-0.2, -0.15) is 0 Å². The molecule has 0 aliphatic carbocycles. The molecule has 2 aromatic rings. The second kappa shape index (κ2) is 8.25. The third-order valence-corrected chi connectivity index (χ3v) is 4.85. The number of anilines is 3. The van der Waals surface area contributed by atoms with Crippen LogP contribution in [0, 0.1) is 6.92 Å². The fourth-order valence-electron chi connectivity index (χ4n) is 3.37. The Kier molecular flexibility index (Phi) is 5.79. The van der Waals surface area contributed by atoms with Gasteiger partial charge in [-0.1, -0.05) is 29.8 Å². The van der Waals surface area contributed by atoms with Gasteiger partial charge in [-0.05, 0) is 51.5 Å². The standard InChI is InChI=1S/C22H27N3O2/c1-16(2)25(18-12-10-17(3)11-13-18)15-21(26)23-19-7-4-5-8-20(19)24-14-6-9-22(24)27/h4-5,7-8,10-13,16H,6,9,14-15H2,1-3H3,(H,23,26). The first-order chi connectivity index (χ1) is 13.0. The molecule has 0 radical (unpaired) electrons. The van der Waals surface area contributed by atoms with Crippen LogP contribution in [0.2, 0.25) is 0 Å². The molecule has 1 saturated heterocycles. The molecule has 0 spiro atoms. The summed E-state index contributed by atoms with van der Waals surface area (Å²) in [6.07, 6.45) is 1.42. The maximum absolute atomic E-state index is 12.8. The zero-order chi connectivity index (χ0) is 19.4. The van der Waals surface area contributed by atoms with Crippen LogP contribution in [0.25, 0.3) is 0 Å². The van der Waals surface area contributed by atoms with Crippen LogP contribution in [0.3, 0.4) is 0 Å². The SMILES string of the molecule is Cc1ccc(N(CC(=O)Nc2ccccc2N2CCCC2=O)C(C)C)cc1. The maximum Gasteiger partial charge on any atom is 0.243 e. The van der Waals surface area contributed by atoms with Crippen molar-refractivity contribution >= 4 is 28.9 Å². The van der Waals surface area contributed by atoms with Gasteiger partial charge in [0.15, 0.2) is 0 Å². The van der Waals surface area contributed by atoms with E-state index in [9.17, 15) is 9.59 Å².